The second kappa shape index (κ2) is 3.78. The Hall–Kier alpha value is -0.730. The van der Waals surface area contributed by atoms with Crippen molar-refractivity contribution >= 4 is 0 Å². The molecule has 0 fully saturated rings. The van der Waals surface area contributed by atoms with E-state index >= 15 is 0 Å². The fourth-order valence-corrected chi connectivity index (χ4v) is 1.22. The van der Waals surface area contributed by atoms with Gasteiger partial charge in [0.05, 0.1) is 0 Å². The number of alkyl halides is 3. The molecule has 0 aromatic rings. The summed E-state index contributed by atoms with van der Waals surface area (Å²) in [5.41, 5.74) is 0.818. The molecule has 0 nitrogen and oxygen atoms in total. The van der Waals surface area contributed by atoms with E-state index in [-0.39, 0.29) is 0 Å². The first kappa shape index (κ1) is 9.36. The van der Waals surface area contributed by atoms with Crippen LogP contribution in [0.3, 0.4) is 0 Å². The molecule has 1 aliphatic rings. The summed E-state index contributed by atoms with van der Waals surface area (Å²) in [6.07, 6.45) is 3.01. The summed E-state index contributed by atoms with van der Waals surface area (Å²) in [7, 11) is 0. The molecule has 0 amide bonds. The Morgan fingerprint density at radius 1 is 1.25 bits per heavy atom. The van der Waals surface area contributed by atoms with Crippen molar-refractivity contribution in [1.82, 2.24) is 0 Å². The topological polar surface area (TPSA) is 0 Å². The number of rotatable bonds is 1. The highest BCUT2D eigenvalue weighted by molar-refractivity contribution is 5.21. The second-order valence-corrected chi connectivity index (χ2v) is 2.90. The number of halogens is 3. The molecule has 0 bridgehead atoms. The van der Waals surface area contributed by atoms with Crippen LogP contribution in [0.15, 0.2) is 23.8 Å². The molecule has 0 saturated heterocycles. The Labute approximate surface area is 69.8 Å². The Kier molecular flexibility index (Phi) is 2.95. The van der Waals surface area contributed by atoms with E-state index in [4.69, 9.17) is 0 Å². The molecule has 0 spiro atoms. The van der Waals surface area contributed by atoms with E-state index in [1.54, 1.807) is 0 Å². The van der Waals surface area contributed by atoms with Gasteiger partial charge in [-0.2, -0.15) is 13.2 Å². The van der Waals surface area contributed by atoms with Crippen molar-refractivity contribution in [3.05, 3.63) is 23.8 Å². The monoisotopic (exact) mass is 176 g/mol. The van der Waals surface area contributed by atoms with Gasteiger partial charge in [-0.1, -0.05) is 17.7 Å². The minimum absolute atomic E-state index is 0.310. The van der Waals surface area contributed by atoms with Gasteiger partial charge in [-0.25, -0.2) is 0 Å². The van der Waals surface area contributed by atoms with Crippen LogP contribution in [0.4, 0.5) is 13.2 Å². The van der Waals surface area contributed by atoms with E-state index in [9.17, 15) is 13.2 Å². The molecule has 0 atom stereocenters. The predicted octanol–water partition coefficient (Wildman–Crippen LogP) is 3.61. The van der Waals surface area contributed by atoms with Crippen LogP contribution in [0.2, 0.25) is 0 Å². The fourth-order valence-electron chi connectivity index (χ4n) is 1.22. The van der Waals surface area contributed by atoms with Gasteiger partial charge in [0.1, 0.15) is 0 Å². The number of hydrogen-bond acceptors (Lipinski definition) is 0. The van der Waals surface area contributed by atoms with Crippen LogP contribution in [0.5, 0.6) is 0 Å². The maximum absolute atomic E-state index is 11.7. The van der Waals surface area contributed by atoms with Crippen molar-refractivity contribution in [2.75, 3.05) is 0 Å². The molecule has 0 saturated carbocycles. The third-order valence-electron chi connectivity index (χ3n) is 1.81. The molecule has 0 aromatic carbocycles. The zero-order valence-corrected chi connectivity index (χ0v) is 6.69. The SMILES string of the molecule is FC(F)(F)/C=C/C1=CCCCC1. The molecule has 0 aliphatic heterocycles. The van der Waals surface area contributed by atoms with Gasteiger partial charge in [0.2, 0.25) is 0 Å². The van der Waals surface area contributed by atoms with Gasteiger partial charge in [0, 0.05) is 6.08 Å². The van der Waals surface area contributed by atoms with Gasteiger partial charge in [-0.15, -0.1) is 0 Å². The first-order chi connectivity index (χ1) is 5.58. The van der Waals surface area contributed by atoms with Crippen molar-refractivity contribution in [3.63, 3.8) is 0 Å². The van der Waals surface area contributed by atoms with Crippen LogP contribution in [-0.2, 0) is 0 Å². The van der Waals surface area contributed by atoms with E-state index in [1.165, 1.54) is 6.08 Å². The predicted molar refractivity (Wildman–Crippen MR) is 41.7 cm³/mol. The molecule has 0 unspecified atom stereocenters. The van der Waals surface area contributed by atoms with Gasteiger partial charge >= 0.3 is 6.18 Å². The minimum Gasteiger partial charge on any atom is -0.167 e. The highest BCUT2D eigenvalue weighted by Crippen LogP contribution is 2.22. The lowest BCUT2D eigenvalue weighted by molar-refractivity contribution is -0.0798. The molecular weight excluding hydrogens is 165 g/mol. The van der Waals surface area contributed by atoms with E-state index in [1.807, 2.05) is 6.08 Å². The van der Waals surface area contributed by atoms with Crippen molar-refractivity contribution < 1.29 is 13.2 Å². The number of hydrogen-bond donors (Lipinski definition) is 0. The summed E-state index contributed by atoms with van der Waals surface area (Å²) in [5.74, 6) is 0. The maximum atomic E-state index is 11.7. The first-order valence-corrected chi connectivity index (χ1v) is 4.03. The molecule has 0 aromatic heterocycles. The fraction of sp³-hybridized carbons (Fsp3) is 0.556. The van der Waals surface area contributed by atoms with Crippen LogP contribution in [0.25, 0.3) is 0 Å². The highest BCUT2D eigenvalue weighted by Gasteiger charge is 2.21. The maximum Gasteiger partial charge on any atom is 0.409 e. The summed E-state index contributed by atoms with van der Waals surface area (Å²) >= 11 is 0. The summed E-state index contributed by atoms with van der Waals surface area (Å²) in [6, 6.07) is 0. The van der Waals surface area contributed by atoms with Crippen LogP contribution in [0.1, 0.15) is 25.7 Å². The van der Waals surface area contributed by atoms with Crippen LogP contribution < -0.4 is 0 Å². The molecular formula is C9H11F3. The quantitative estimate of drug-likeness (QED) is 0.572. The Balaban J connectivity index is 2.49. The minimum atomic E-state index is -4.17. The van der Waals surface area contributed by atoms with Crippen LogP contribution >= 0.6 is 0 Å². The molecule has 3 heteroatoms. The average Bonchev–Trinajstić information content (AvgIpc) is 2.02. The second-order valence-electron chi connectivity index (χ2n) is 2.90. The third kappa shape index (κ3) is 3.60. The Morgan fingerprint density at radius 2 is 2.00 bits per heavy atom. The van der Waals surface area contributed by atoms with Crippen molar-refractivity contribution in [3.8, 4) is 0 Å². The lowest BCUT2D eigenvalue weighted by Crippen LogP contribution is -2.01. The average molecular weight is 176 g/mol. The molecule has 0 heterocycles. The van der Waals surface area contributed by atoms with E-state index < -0.39 is 6.18 Å². The lowest BCUT2D eigenvalue weighted by Gasteiger charge is -2.08. The molecule has 12 heavy (non-hydrogen) atoms. The first-order valence-electron chi connectivity index (χ1n) is 4.03. The Bertz CT molecular complexity index is 198. The third-order valence-corrected chi connectivity index (χ3v) is 1.81. The van der Waals surface area contributed by atoms with Crippen LogP contribution in [0, 0.1) is 0 Å². The van der Waals surface area contributed by atoms with Gasteiger partial charge in [0.25, 0.3) is 0 Å². The summed E-state index contributed by atoms with van der Waals surface area (Å²) in [4.78, 5) is 0. The van der Waals surface area contributed by atoms with E-state index in [2.05, 4.69) is 0 Å². The van der Waals surface area contributed by atoms with Crippen molar-refractivity contribution in [2.24, 2.45) is 0 Å². The Morgan fingerprint density at radius 3 is 2.50 bits per heavy atom. The standard InChI is InChI=1S/C9H11F3/c10-9(11,12)7-6-8-4-2-1-3-5-8/h4,6-7H,1-3,5H2/b7-6+. The summed E-state index contributed by atoms with van der Waals surface area (Å²) < 4.78 is 35.1. The highest BCUT2D eigenvalue weighted by atomic mass is 19.4. The van der Waals surface area contributed by atoms with Gasteiger partial charge in [0.15, 0.2) is 0 Å². The van der Waals surface area contributed by atoms with Gasteiger partial charge < -0.3 is 0 Å². The zero-order chi connectivity index (χ0) is 9.03. The van der Waals surface area contributed by atoms with E-state index in [0.29, 0.717) is 6.08 Å². The lowest BCUT2D eigenvalue weighted by atomic mass is 9.99. The number of allylic oxidation sites excluding steroid dienone is 4. The van der Waals surface area contributed by atoms with E-state index in [0.717, 1.165) is 31.3 Å². The van der Waals surface area contributed by atoms with Gasteiger partial charge in [-0.05, 0) is 25.7 Å². The molecule has 1 aliphatic carbocycles. The normalized spacial score (nSPS) is 19.8. The van der Waals surface area contributed by atoms with Gasteiger partial charge in [-0.3, -0.25) is 0 Å². The molecule has 0 radical (unpaired) electrons. The van der Waals surface area contributed by atoms with Crippen molar-refractivity contribution in [1.29, 1.82) is 0 Å². The molecule has 68 valence electrons. The smallest absolute Gasteiger partial charge is 0.167 e. The van der Waals surface area contributed by atoms with Crippen molar-refractivity contribution in [2.45, 2.75) is 31.9 Å². The molecule has 0 N–H and O–H groups in total. The van der Waals surface area contributed by atoms with Crippen LogP contribution in [-0.4, -0.2) is 6.18 Å². The summed E-state index contributed by atoms with van der Waals surface area (Å²) in [5, 5.41) is 0. The largest absolute Gasteiger partial charge is 0.409 e. The molecule has 1 rings (SSSR count). The summed E-state index contributed by atoms with van der Waals surface area (Å²) in [6.45, 7) is 0. The zero-order valence-electron chi connectivity index (χ0n) is 6.69.